The number of halogens is 1. The molecule has 0 radical (unpaired) electrons. The normalized spacial score (nSPS) is 23.3. The number of rotatable bonds is 4. The van der Waals surface area contributed by atoms with Crippen molar-refractivity contribution in [1.82, 2.24) is 35.2 Å². The molecule has 3 fully saturated rings. The van der Waals surface area contributed by atoms with Gasteiger partial charge in [0.2, 0.25) is 0 Å². The van der Waals surface area contributed by atoms with Crippen molar-refractivity contribution in [2.75, 3.05) is 19.7 Å². The number of nitrogens with one attached hydrogen (secondary N) is 2. The summed E-state index contributed by atoms with van der Waals surface area (Å²) < 4.78 is 20.7. The summed E-state index contributed by atoms with van der Waals surface area (Å²) in [6, 6.07) is 6.83. The number of H-pyrrole nitrogens is 1. The monoisotopic (exact) mass is 521 g/mol. The maximum absolute atomic E-state index is 14.6. The van der Waals surface area contributed by atoms with Gasteiger partial charge in [-0.05, 0) is 55.0 Å². The lowest BCUT2D eigenvalue weighted by Crippen LogP contribution is -2.34. The Balaban J connectivity index is 1.34. The summed E-state index contributed by atoms with van der Waals surface area (Å²) in [5.41, 5.74) is 5.60. The summed E-state index contributed by atoms with van der Waals surface area (Å²) in [5.74, 6) is 1.41. The highest BCUT2D eigenvalue weighted by molar-refractivity contribution is 5.96. The molecular formula is C30H28FN7O. The van der Waals surface area contributed by atoms with Crippen molar-refractivity contribution >= 4 is 21.9 Å². The molecule has 0 aromatic carbocycles. The van der Waals surface area contributed by atoms with Crippen LogP contribution in [-0.4, -0.2) is 55.7 Å². The standard InChI is InChI=1S/C30H28FN7O/c31-22-5-2-8-34-28(22)23-11-19-18(6-9-35-29(19)36-23)30-37-24-14-32-12-20(16-3-1-4-16)26(24)27(38-30)17-7-10-39-25-15-33-13-21(17)25/h2,5-6,8-9,11-12,14,16-17,21,25,33H,1,3-4,7,10,13,15H2,(H,35,36). The molecule has 5 aromatic heterocycles. The van der Waals surface area contributed by atoms with Crippen LogP contribution >= 0.6 is 0 Å². The van der Waals surface area contributed by atoms with Gasteiger partial charge >= 0.3 is 0 Å². The van der Waals surface area contributed by atoms with Gasteiger partial charge in [0.05, 0.1) is 29.2 Å². The molecule has 1 aliphatic carbocycles. The number of aromatic amines is 1. The Morgan fingerprint density at radius 1 is 1.00 bits per heavy atom. The van der Waals surface area contributed by atoms with Gasteiger partial charge in [-0.15, -0.1) is 0 Å². The molecule has 5 aromatic rings. The first-order valence-corrected chi connectivity index (χ1v) is 13.8. The Hall–Kier alpha value is -3.82. The molecule has 3 aliphatic rings. The molecule has 2 aliphatic heterocycles. The first kappa shape index (κ1) is 23.1. The van der Waals surface area contributed by atoms with E-state index in [1.54, 1.807) is 18.5 Å². The Labute approximate surface area is 224 Å². The van der Waals surface area contributed by atoms with Gasteiger partial charge in [-0.3, -0.25) is 9.97 Å². The SMILES string of the molecule is Fc1cccnc1-c1cc2c(-c3nc(C4CCOC5CNCC54)c4c(C5CCC5)cncc4n3)ccnc2[nH]1. The van der Waals surface area contributed by atoms with E-state index in [0.717, 1.165) is 48.3 Å². The molecule has 0 bridgehead atoms. The molecule has 7 heterocycles. The lowest BCUT2D eigenvalue weighted by molar-refractivity contribution is -0.0115. The third kappa shape index (κ3) is 3.75. The molecule has 0 amide bonds. The van der Waals surface area contributed by atoms with Crippen LogP contribution < -0.4 is 5.32 Å². The molecule has 39 heavy (non-hydrogen) atoms. The third-order valence-electron chi connectivity index (χ3n) is 8.83. The zero-order valence-electron chi connectivity index (χ0n) is 21.4. The average Bonchev–Trinajstić information content (AvgIpc) is 3.59. The molecule has 3 unspecified atom stereocenters. The van der Waals surface area contributed by atoms with Crippen LogP contribution in [0.1, 0.15) is 48.8 Å². The highest BCUT2D eigenvalue weighted by Gasteiger charge is 2.40. The summed E-state index contributed by atoms with van der Waals surface area (Å²) in [6.45, 7) is 2.54. The number of nitrogens with zero attached hydrogens (tertiary/aromatic N) is 5. The Morgan fingerprint density at radius 2 is 1.95 bits per heavy atom. The van der Waals surface area contributed by atoms with Gasteiger partial charge in [0.15, 0.2) is 11.6 Å². The second-order valence-electron chi connectivity index (χ2n) is 10.9. The maximum atomic E-state index is 14.6. The van der Waals surface area contributed by atoms with Crippen molar-refractivity contribution in [3.63, 3.8) is 0 Å². The topological polar surface area (TPSA) is 102 Å². The fourth-order valence-electron chi connectivity index (χ4n) is 6.65. The first-order chi connectivity index (χ1) is 19.2. The summed E-state index contributed by atoms with van der Waals surface area (Å²) in [5, 5.41) is 5.54. The zero-order valence-corrected chi connectivity index (χ0v) is 21.4. The van der Waals surface area contributed by atoms with E-state index in [2.05, 4.69) is 25.3 Å². The number of hydrogen-bond acceptors (Lipinski definition) is 7. The minimum absolute atomic E-state index is 0.208. The van der Waals surface area contributed by atoms with E-state index >= 15 is 0 Å². The Bertz CT molecular complexity index is 1720. The molecule has 2 N–H and O–H groups in total. The van der Waals surface area contributed by atoms with Crippen LogP contribution in [0.2, 0.25) is 0 Å². The van der Waals surface area contributed by atoms with Crippen molar-refractivity contribution < 1.29 is 9.13 Å². The molecule has 9 heteroatoms. The number of fused-ring (bicyclic) bond motifs is 3. The predicted octanol–water partition coefficient (Wildman–Crippen LogP) is 5.13. The predicted molar refractivity (Wildman–Crippen MR) is 146 cm³/mol. The fraction of sp³-hybridized carbons (Fsp3) is 0.367. The van der Waals surface area contributed by atoms with Crippen LogP contribution in [0.4, 0.5) is 4.39 Å². The van der Waals surface area contributed by atoms with E-state index in [0.29, 0.717) is 29.0 Å². The van der Waals surface area contributed by atoms with Gasteiger partial charge in [0, 0.05) is 66.5 Å². The second kappa shape index (κ2) is 9.14. The van der Waals surface area contributed by atoms with Crippen LogP contribution in [0.15, 0.2) is 49.1 Å². The molecular weight excluding hydrogens is 493 g/mol. The highest BCUT2D eigenvalue weighted by atomic mass is 19.1. The van der Waals surface area contributed by atoms with E-state index in [9.17, 15) is 4.39 Å². The van der Waals surface area contributed by atoms with Gasteiger partial charge in [0.1, 0.15) is 11.3 Å². The average molecular weight is 522 g/mol. The number of pyridine rings is 3. The Kier molecular flexibility index (Phi) is 5.41. The lowest BCUT2D eigenvalue weighted by Gasteiger charge is -2.34. The van der Waals surface area contributed by atoms with Gasteiger partial charge in [-0.2, -0.15) is 0 Å². The van der Waals surface area contributed by atoms with Crippen molar-refractivity contribution in [1.29, 1.82) is 0 Å². The summed E-state index contributed by atoms with van der Waals surface area (Å²) >= 11 is 0. The molecule has 8 nitrogen and oxygen atoms in total. The number of ether oxygens (including phenoxy) is 1. The minimum atomic E-state index is -0.385. The van der Waals surface area contributed by atoms with Crippen molar-refractivity contribution in [2.24, 2.45) is 5.92 Å². The first-order valence-electron chi connectivity index (χ1n) is 13.8. The van der Waals surface area contributed by atoms with Crippen molar-refractivity contribution in [3.8, 4) is 22.8 Å². The largest absolute Gasteiger partial charge is 0.377 e. The smallest absolute Gasteiger partial charge is 0.160 e. The van der Waals surface area contributed by atoms with Gasteiger partial charge in [-0.1, -0.05) is 6.42 Å². The highest BCUT2D eigenvalue weighted by Crippen LogP contribution is 2.45. The lowest BCUT2D eigenvalue weighted by atomic mass is 9.76. The molecule has 1 saturated carbocycles. The molecule has 196 valence electrons. The zero-order chi connectivity index (χ0) is 25.9. The van der Waals surface area contributed by atoms with Gasteiger partial charge in [-0.25, -0.2) is 19.3 Å². The number of aromatic nitrogens is 6. The second-order valence-corrected chi connectivity index (χ2v) is 10.9. The van der Waals surface area contributed by atoms with E-state index in [1.165, 1.54) is 36.3 Å². The molecule has 3 atom stereocenters. The Morgan fingerprint density at radius 3 is 2.82 bits per heavy atom. The van der Waals surface area contributed by atoms with Gasteiger partial charge in [0.25, 0.3) is 0 Å². The minimum Gasteiger partial charge on any atom is -0.377 e. The van der Waals surface area contributed by atoms with Gasteiger partial charge < -0.3 is 15.0 Å². The van der Waals surface area contributed by atoms with Crippen molar-refractivity contribution in [3.05, 3.63) is 66.1 Å². The third-order valence-corrected chi connectivity index (χ3v) is 8.83. The van der Waals surface area contributed by atoms with Crippen LogP contribution in [-0.2, 0) is 4.74 Å². The summed E-state index contributed by atoms with van der Waals surface area (Å²) in [4.78, 5) is 27.1. The molecule has 0 spiro atoms. The van der Waals surface area contributed by atoms with Crippen molar-refractivity contribution in [2.45, 2.75) is 43.6 Å². The van der Waals surface area contributed by atoms with E-state index < -0.39 is 0 Å². The summed E-state index contributed by atoms with van der Waals surface area (Å²) in [6.07, 6.45) is 12.0. The summed E-state index contributed by atoms with van der Waals surface area (Å²) in [7, 11) is 0. The fourth-order valence-corrected chi connectivity index (χ4v) is 6.65. The quantitative estimate of drug-likeness (QED) is 0.338. The maximum Gasteiger partial charge on any atom is 0.160 e. The van der Waals surface area contributed by atoms with Crippen LogP contribution in [0.3, 0.4) is 0 Å². The number of hydrogen-bond donors (Lipinski definition) is 2. The van der Waals surface area contributed by atoms with Crippen LogP contribution in [0, 0.1) is 11.7 Å². The molecule has 2 saturated heterocycles. The molecule has 8 rings (SSSR count). The van der Waals surface area contributed by atoms with E-state index in [1.807, 2.05) is 24.5 Å². The van der Waals surface area contributed by atoms with E-state index in [-0.39, 0.29) is 23.5 Å². The van der Waals surface area contributed by atoms with Crippen LogP contribution in [0.5, 0.6) is 0 Å². The van der Waals surface area contributed by atoms with Crippen LogP contribution in [0.25, 0.3) is 44.7 Å². The van der Waals surface area contributed by atoms with E-state index in [4.69, 9.17) is 14.7 Å².